The van der Waals surface area contributed by atoms with Crippen molar-refractivity contribution in [2.24, 2.45) is 0 Å². The van der Waals surface area contributed by atoms with Crippen LogP contribution in [0.2, 0.25) is 5.02 Å². The fourth-order valence-electron chi connectivity index (χ4n) is 3.67. The first kappa shape index (κ1) is 25.9. The van der Waals surface area contributed by atoms with Crippen molar-refractivity contribution in [1.29, 1.82) is 0 Å². The van der Waals surface area contributed by atoms with Crippen LogP contribution < -0.4 is 0 Å². The highest BCUT2D eigenvalue weighted by atomic mass is 35.5. The Morgan fingerprint density at radius 2 is 1.71 bits per heavy atom. The number of carbonyl (C=O) groups is 1. The molecular formula is C25H30ClN3O4S. The SMILES string of the molecule is CCN(CC)CCOC(=O)Cn1nc(C)c(Cl)c1-c1ccc(-c2cccc(S(C)(=O)=O)c2)cc1. The van der Waals surface area contributed by atoms with Crippen LogP contribution in [0.15, 0.2) is 53.4 Å². The molecule has 0 aliphatic carbocycles. The van der Waals surface area contributed by atoms with Crippen LogP contribution in [0.1, 0.15) is 19.5 Å². The van der Waals surface area contributed by atoms with Crippen molar-refractivity contribution in [2.45, 2.75) is 32.2 Å². The molecule has 0 fully saturated rings. The lowest BCUT2D eigenvalue weighted by Gasteiger charge is -2.17. The quantitative estimate of drug-likeness (QED) is 0.380. The Kier molecular flexibility index (Phi) is 8.52. The zero-order valence-corrected chi connectivity index (χ0v) is 21.5. The molecule has 0 saturated carbocycles. The molecule has 0 unspecified atom stereocenters. The molecular weight excluding hydrogens is 474 g/mol. The Labute approximate surface area is 206 Å². The normalized spacial score (nSPS) is 11.7. The lowest BCUT2D eigenvalue weighted by atomic mass is 10.0. The number of hydrogen-bond donors (Lipinski definition) is 0. The van der Waals surface area contributed by atoms with Crippen LogP contribution in [-0.4, -0.2) is 61.6 Å². The van der Waals surface area contributed by atoms with Crippen LogP contribution >= 0.6 is 11.6 Å². The Hall–Kier alpha value is -2.68. The van der Waals surface area contributed by atoms with Crippen LogP contribution in [0, 0.1) is 6.92 Å². The second-order valence-corrected chi connectivity index (χ2v) is 10.4. The molecule has 7 nitrogen and oxygen atoms in total. The van der Waals surface area contributed by atoms with Crippen LogP contribution in [0.3, 0.4) is 0 Å². The molecule has 0 amide bonds. The van der Waals surface area contributed by atoms with Gasteiger partial charge in [0.1, 0.15) is 13.2 Å². The second kappa shape index (κ2) is 11.2. The summed E-state index contributed by atoms with van der Waals surface area (Å²) in [4.78, 5) is 14.9. The predicted molar refractivity (Wildman–Crippen MR) is 135 cm³/mol. The maximum Gasteiger partial charge on any atom is 0.327 e. The summed E-state index contributed by atoms with van der Waals surface area (Å²) in [7, 11) is -3.29. The predicted octanol–water partition coefficient (Wildman–Crippen LogP) is 4.47. The third-order valence-corrected chi connectivity index (χ3v) is 7.21. The van der Waals surface area contributed by atoms with Crippen LogP contribution in [-0.2, 0) is 25.9 Å². The van der Waals surface area contributed by atoms with E-state index in [0.717, 1.165) is 29.8 Å². The molecule has 9 heteroatoms. The van der Waals surface area contributed by atoms with Gasteiger partial charge in [-0.05, 0) is 43.3 Å². The Bertz CT molecular complexity index is 1250. The molecule has 0 N–H and O–H groups in total. The lowest BCUT2D eigenvalue weighted by molar-refractivity contribution is -0.144. The number of ether oxygens (including phenoxy) is 1. The van der Waals surface area contributed by atoms with E-state index < -0.39 is 9.84 Å². The summed E-state index contributed by atoms with van der Waals surface area (Å²) in [5, 5.41) is 4.90. The zero-order valence-electron chi connectivity index (χ0n) is 19.9. The first-order chi connectivity index (χ1) is 16.1. The van der Waals surface area contributed by atoms with Gasteiger partial charge in [0.2, 0.25) is 0 Å². The molecule has 0 bridgehead atoms. The number of likely N-dealkylation sites (N-methyl/N-ethyl adjacent to an activating group) is 1. The number of hydrogen-bond acceptors (Lipinski definition) is 6. The lowest BCUT2D eigenvalue weighted by Crippen LogP contribution is -2.28. The molecule has 0 spiro atoms. The number of esters is 1. The van der Waals surface area contributed by atoms with Gasteiger partial charge in [0.15, 0.2) is 9.84 Å². The second-order valence-electron chi connectivity index (χ2n) is 8.03. The summed E-state index contributed by atoms with van der Waals surface area (Å²) in [6.07, 6.45) is 1.19. The van der Waals surface area contributed by atoms with E-state index in [1.807, 2.05) is 30.3 Å². The fraction of sp³-hybridized carbons (Fsp3) is 0.360. The number of carbonyl (C=O) groups excluding carboxylic acids is 1. The Morgan fingerprint density at radius 1 is 1.06 bits per heavy atom. The number of aryl methyl sites for hydroxylation is 1. The molecule has 0 radical (unpaired) electrons. The number of rotatable bonds is 10. The molecule has 0 saturated heterocycles. The molecule has 0 atom stereocenters. The zero-order chi connectivity index (χ0) is 24.9. The summed E-state index contributed by atoms with van der Waals surface area (Å²) < 4.78 is 30.7. The highest BCUT2D eigenvalue weighted by Crippen LogP contribution is 2.32. The van der Waals surface area contributed by atoms with Gasteiger partial charge in [-0.1, -0.05) is 61.8 Å². The standard InChI is InChI=1S/C25H30ClN3O4S/c1-5-28(6-2)14-15-33-23(30)17-29-25(24(26)18(3)27-29)20-12-10-19(11-13-20)21-8-7-9-22(16-21)34(4,31)32/h7-13,16H,5-6,14-15,17H2,1-4H3. The van der Waals surface area contributed by atoms with Crippen molar-refractivity contribution < 1.29 is 17.9 Å². The topological polar surface area (TPSA) is 81.5 Å². The van der Waals surface area contributed by atoms with Crippen molar-refractivity contribution in [1.82, 2.24) is 14.7 Å². The van der Waals surface area contributed by atoms with Gasteiger partial charge in [0, 0.05) is 18.4 Å². The van der Waals surface area contributed by atoms with Crippen molar-refractivity contribution in [3.63, 3.8) is 0 Å². The van der Waals surface area contributed by atoms with E-state index in [9.17, 15) is 13.2 Å². The van der Waals surface area contributed by atoms with Crippen LogP contribution in [0.25, 0.3) is 22.4 Å². The highest BCUT2D eigenvalue weighted by molar-refractivity contribution is 7.90. The highest BCUT2D eigenvalue weighted by Gasteiger charge is 2.18. The number of halogens is 1. The van der Waals surface area contributed by atoms with E-state index >= 15 is 0 Å². The Balaban J connectivity index is 1.80. The van der Waals surface area contributed by atoms with Gasteiger partial charge in [-0.25, -0.2) is 8.42 Å². The summed E-state index contributed by atoms with van der Waals surface area (Å²) in [6, 6.07) is 14.4. The van der Waals surface area contributed by atoms with E-state index in [2.05, 4.69) is 23.8 Å². The first-order valence-electron chi connectivity index (χ1n) is 11.2. The van der Waals surface area contributed by atoms with Crippen molar-refractivity contribution in [3.05, 3.63) is 59.2 Å². The van der Waals surface area contributed by atoms with Crippen molar-refractivity contribution >= 4 is 27.4 Å². The summed E-state index contributed by atoms with van der Waals surface area (Å²) in [6.45, 7) is 8.71. The molecule has 1 heterocycles. The van der Waals surface area contributed by atoms with Crippen molar-refractivity contribution in [3.8, 4) is 22.4 Å². The third-order valence-electron chi connectivity index (χ3n) is 5.65. The molecule has 3 rings (SSSR count). The smallest absolute Gasteiger partial charge is 0.327 e. The minimum atomic E-state index is -3.29. The fourth-order valence-corrected chi connectivity index (χ4v) is 4.58. The van der Waals surface area contributed by atoms with E-state index in [1.165, 1.54) is 6.26 Å². The molecule has 34 heavy (non-hydrogen) atoms. The number of nitrogens with zero attached hydrogens (tertiary/aromatic N) is 3. The summed E-state index contributed by atoms with van der Waals surface area (Å²) >= 11 is 6.53. The van der Waals surface area contributed by atoms with Gasteiger partial charge in [-0.15, -0.1) is 0 Å². The van der Waals surface area contributed by atoms with E-state index in [-0.39, 0.29) is 17.4 Å². The molecule has 0 aliphatic rings. The van der Waals surface area contributed by atoms with Gasteiger partial charge >= 0.3 is 5.97 Å². The monoisotopic (exact) mass is 503 g/mol. The molecule has 3 aromatic rings. The van der Waals surface area contributed by atoms with Crippen LogP contribution in [0.5, 0.6) is 0 Å². The number of aromatic nitrogens is 2. The summed E-state index contributed by atoms with van der Waals surface area (Å²) in [5.74, 6) is -0.373. The largest absolute Gasteiger partial charge is 0.463 e. The number of sulfone groups is 1. The van der Waals surface area contributed by atoms with E-state index in [4.69, 9.17) is 16.3 Å². The van der Waals surface area contributed by atoms with Gasteiger partial charge < -0.3 is 9.64 Å². The average molecular weight is 504 g/mol. The Morgan fingerprint density at radius 3 is 2.32 bits per heavy atom. The van der Waals surface area contributed by atoms with Gasteiger partial charge in [0.05, 0.1) is 21.3 Å². The first-order valence-corrected chi connectivity index (χ1v) is 13.4. The molecule has 0 aliphatic heterocycles. The maximum atomic E-state index is 12.4. The van der Waals surface area contributed by atoms with Gasteiger partial charge in [-0.3, -0.25) is 9.48 Å². The average Bonchev–Trinajstić information content (AvgIpc) is 3.09. The third kappa shape index (κ3) is 6.25. The summed E-state index contributed by atoms with van der Waals surface area (Å²) in [5.41, 5.74) is 3.71. The molecule has 1 aromatic heterocycles. The molecule has 182 valence electrons. The maximum absolute atomic E-state index is 12.4. The van der Waals surface area contributed by atoms with Gasteiger partial charge in [-0.2, -0.15) is 5.10 Å². The number of benzene rings is 2. The minimum absolute atomic E-state index is 0.0424. The minimum Gasteiger partial charge on any atom is -0.463 e. The van der Waals surface area contributed by atoms with E-state index in [1.54, 1.807) is 29.8 Å². The van der Waals surface area contributed by atoms with Crippen molar-refractivity contribution in [2.75, 3.05) is 32.5 Å². The van der Waals surface area contributed by atoms with E-state index in [0.29, 0.717) is 29.6 Å². The molecule has 2 aromatic carbocycles. The van der Waals surface area contributed by atoms with Gasteiger partial charge in [0.25, 0.3) is 0 Å². The van der Waals surface area contributed by atoms with Crippen LogP contribution in [0.4, 0.5) is 0 Å².